The summed E-state index contributed by atoms with van der Waals surface area (Å²) in [4.78, 5) is 46.1. The van der Waals surface area contributed by atoms with Gasteiger partial charge in [-0.05, 0) is 6.92 Å². The molecule has 2 saturated heterocycles. The van der Waals surface area contributed by atoms with Crippen molar-refractivity contribution in [1.29, 1.82) is 0 Å². The first-order valence-electron chi connectivity index (χ1n) is 6.13. The zero-order valence-corrected chi connectivity index (χ0v) is 11.6. The number of rotatable bonds is 2. The van der Waals surface area contributed by atoms with E-state index in [-0.39, 0.29) is 34.5 Å². The first kappa shape index (κ1) is 13.0. The Morgan fingerprint density at radius 2 is 2.05 bits per heavy atom. The summed E-state index contributed by atoms with van der Waals surface area (Å²) in [6.45, 7) is 2.53. The Kier molecular flexibility index (Phi) is 3.17. The third-order valence-electron chi connectivity index (χ3n) is 3.30. The van der Waals surface area contributed by atoms with E-state index in [1.165, 1.54) is 17.3 Å². The summed E-state index contributed by atoms with van der Waals surface area (Å²) >= 11 is 1.01. The van der Waals surface area contributed by atoms with Crippen LogP contribution < -0.4 is 0 Å². The molecule has 0 spiro atoms. The van der Waals surface area contributed by atoms with Gasteiger partial charge in [0.05, 0.1) is 23.7 Å². The summed E-state index contributed by atoms with van der Waals surface area (Å²) < 4.78 is 0. The van der Waals surface area contributed by atoms with E-state index >= 15 is 0 Å². The minimum Gasteiger partial charge on any atom is -0.333 e. The monoisotopic (exact) mass is 292 g/mol. The average molecular weight is 292 g/mol. The van der Waals surface area contributed by atoms with Crippen molar-refractivity contribution >= 4 is 28.8 Å². The molecular formula is C12H12N4O3S. The van der Waals surface area contributed by atoms with Gasteiger partial charge in [-0.25, -0.2) is 4.98 Å². The van der Waals surface area contributed by atoms with Crippen LogP contribution in [0, 0.1) is 6.92 Å². The van der Waals surface area contributed by atoms with Crippen LogP contribution in [0.15, 0.2) is 12.4 Å². The number of hydrogen-bond donors (Lipinski definition) is 0. The van der Waals surface area contributed by atoms with Gasteiger partial charge in [-0.2, -0.15) is 0 Å². The maximum atomic E-state index is 12.1. The number of aryl methyl sites for hydroxylation is 1. The molecule has 0 saturated carbocycles. The normalized spacial score (nSPS) is 19.4. The van der Waals surface area contributed by atoms with Crippen LogP contribution in [0.1, 0.15) is 16.2 Å². The number of amides is 3. The fraction of sp³-hybridized carbons (Fsp3) is 0.417. The molecule has 1 aromatic heterocycles. The van der Waals surface area contributed by atoms with Gasteiger partial charge in [0, 0.05) is 19.3 Å². The highest BCUT2D eigenvalue weighted by Crippen LogP contribution is 2.26. The molecule has 8 heteroatoms. The van der Waals surface area contributed by atoms with Crippen LogP contribution >= 0.6 is 11.8 Å². The SMILES string of the molecule is Cc1cnc(C(=O)N2CC(N3C(=O)CSC3=O)C2)cn1. The van der Waals surface area contributed by atoms with Crippen molar-refractivity contribution in [3.63, 3.8) is 0 Å². The van der Waals surface area contributed by atoms with Crippen molar-refractivity contribution < 1.29 is 14.4 Å². The van der Waals surface area contributed by atoms with Gasteiger partial charge in [0.1, 0.15) is 5.69 Å². The van der Waals surface area contributed by atoms with Crippen LogP contribution in [-0.4, -0.2) is 61.7 Å². The quantitative estimate of drug-likeness (QED) is 0.780. The number of hydrogen-bond acceptors (Lipinski definition) is 6. The summed E-state index contributed by atoms with van der Waals surface area (Å²) in [5.74, 6) is -0.195. The van der Waals surface area contributed by atoms with Gasteiger partial charge in [-0.15, -0.1) is 0 Å². The van der Waals surface area contributed by atoms with Crippen molar-refractivity contribution in [2.75, 3.05) is 18.8 Å². The Morgan fingerprint density at radius 3 is 2.60 bits per heavy atom. The predicted molar refractivity (Wildman–Crippen MR) is 71.2 cm³/mol. The Morgan fingerprint density at radius 1 is 1.30 bits per heavy atom. The zero-order chi connectivity index (χ0) is 14.3. The van der Waals surface area contributed by atoms with Crippen molar-refractivity contribution in [3.8, 4) is 0 Å². The molecule has 7 nitrogen and oxygen atoms in total. The molecule has 0 atom stereocenters. The largest absolute Gasteiger partial charge is 0.333 e. The molecule has 0 bridgehead atoms. The zero-order valence-electron chi connectivity index (χ0n) is 10.8. The number of likely N-dealkylation sites (tertiary alicyclic amines) is 1. The third-order valence-corrected chi connectivity index (χ3v) is 4.13. The summed E-state index contributed by atoms with van der Waals surface area (Å²) in [6.07, 6.45) is 2.97. The van der Waals surface area contributed by atoms with E-state index in [9.17, 15) is 14.4 Å². The van der Waals surface area contributed by atoms with Gasteiger partial charge in [-0.1, -0.05) is 11.8 Å². The molecule has 2 aliphatic heterocycles. The number of carbonyl (C=O) groups is 3. The highest BCUT2D eigenvalue weighted by molar-refractivity contribution is 8.14. The van der Waals surface area contributed by atoms with E-state index in [1.54, 1.807) is 11.8 Å². The summed E-state index contributed by atoms with van der Waals surface area (Å²) in [5, 5.41) is -0.220. The highest BCUT2D eigenvalue weighted by Gasteiger charge is 2.43. The van der Waals surface area contributed by atoms with Crippen LogP contribution in [0.2, 0.25) is 0 Å². The minimum absolute atomic E-state index is 0.174. The lowest BCUT2D eigenvalue weighted by Gasteiger charge is -2.42. The fourth-order valence-electron chi connectivity index (χ4n) is 2.17. The Balaban J connectivity index is 1.63. The Labute approximate surface area is 119 Å². The molecule has 0 aromatic carbocycles. The number of carbonyl (C=O) groups excluding carboxylic acids is 3. The van der Waals surface area contributed by atoms with Crippen LogP contribution in [0.4, 0.5) is 4.79 Å². The van der Waals surface area contributed by atoms with E-state index < -0.39 is 0 Å². The van der Waals surface area contributed by atoms with Crippen LogP contribution in [-0.2, 0) is 4.79 Å². The molecule has 0 N–H and O–H groups in total. The van der Waals surface area contributed by atoms with Gasteiger partial charge in [0.25, 0.3) is 11.1 Å². The minimum atomic E-state index is -0.222. The second kappa shape index (κ2) is 4.86. The first-order chi connectivity index (χ1) is 9.56. The second-order valence-electron chi connectivity index (χ2n) is 4.73. The van der Waals surface area contributed by atoms with Crippen molar-refractivity contribution in [1.82, 2.24) is 19.8 Å². The number of nitrogens with zero attached hydrogens (tertiary/aromatic N) is 4. The summed E-state index contributed by atoms with van der Waals surface area (Å²) in [5.41, 5.74) is 1.02. The van der Waals surface area contributed by atoms with Gasteiger partial charge in [0.15, 0.2) is 0 Å². The van der Waals surface area contributed by atoms with E-state index in [0.717, 1.165) is 17.5 Å². The molecule has 0 aliphatic carbocycles. The lowest BCUT2D eigenvalue weighted by Crippen LogP contribution is -2.62. The first-order valence-corrected chi connectivity index (χ1v) is 7.11. The van der Waals surface area contributed by atoms with Gasteiger partial charge in [-0.3, -0.25) is 24.3 Å². The second-order valence-corrected chi connectivity index (χ2v) is 5.65. The van der Waals surface area contributed by atoms with Gasteiger partial charge >= 0.3 is 0 Å². The number of imide groups is 1. The van der Waals surface area contributed by atoms with E-state index in [2.05, 4.69) is 9.97 Å². The van der Waals surface area contributed by atoms with Crippen molar-refractivity contribution in [2.24, 2.45) is 0 Å². The predicted octanol–water partition coefficient (Wildman–Crippen LogP) is 0.305. The molecule has 20 heavy (non-hydrogen) atoms. The molecule has 3 amide bonds. The number of aromatic nitrogens is 2. The maximum absolute atomic E-state index is 12.1. The number of thioether (sulfide) groups is 1. The molecule has 2 aliphatic rings. The van der Waals surface area contributed by atoms with Crippen molar-refractivity contribution in [2.45, 2.75) is 13.0 Å². The van der Waals surface area contributed by atoms with Gasteiger partial charge in [0.2, 0.25) is 5.91 Å². The molecule has 2 fully saturated rings. The lowest BCUT2D eigenvalue weighted by atomic mass is 10.1. The Hall–Kier alpha value is -1.96. The molecule has 3 heterocycles. The standard InChI is InChI=1S/C12H12N4O3S/c1-7-2-14-9(3-13-7)11(18)15-4-8(5-15)16-10(17)6-20-12(16)19/h2-3,8H,4-6H2,1H3. The van der Waals surface area contributed by atoms with E-state index in [4.69, 9.17) is 0 Å². The third kappa shape index (κ3) is 2.15. The molecule has 104 valence electrons. The van der Waals surface area contributed by atoms with Crippen LogP contribution in [0.25, 0.3) is 0 Å². The van der Waals surface area contributed by atoms with E-state index in [0.29, 0.717) is 13.1 Å². The Bertz CT molecular complexity index is 567. The highest BCUT2D eigenvalue weighted by atomic mass is 32.2. The van der Waals surface area contributed by atoms with Crippen LogP contribution in [0.3, 0.4) is 0 Å². The summed E-state index contributed by atoms with van der Waals surface area (Å²) in [7, 11) is 0. The lowest BCUT2D eigenvalue weighted by molar-refractivity contribution is -0.128. The maximum Gasteiger partial charge on any atom is 0.289 e. The molecule has 1 aromatic rings. The van der Waals surface area contributed by atoms with E-state index in [1.807, 2.05) is 0 Å². The smallest absolute Gasteiger partial charge is 0.289 e. The van der Waals surface area contributed by atoms with Crippen molar-refractivity contribution in [3.05, 3.63) is 23.8 Å². The molecule has 0 unspecified atom stereocenters. The van der Waals surface area contributed by atoms with Gasteiger partial charge < -0.3 is 4.90 Å². The average Bonchev–Trinajstić information content (AvgIpc) is 2.70. The topological polar surface area (TPSA) is 83.5 Å². The summed E-state index contributed by atoms with van der Waals surface area (Å²) in [6, 6.07) is -0.202. The molecule has 3 rings (SSSR count). The molecular weight excluding hydrogens is 280 g/mol. The fourth-order valence-corrected chi connectivity index (χ4v) is 2.94. The molecule has 0 radical (unpaired) electrons. The van der Waals surface area contributed by atoms with Crippen LogP contribution in [0.5, 0.6) is 0 Å².